The standard InChI is InChI=1S/C18H22N4O/c1-2-23-14-17-11-21(13-18-20-6-7-22(18)12-17)10-16-5-3-4-15(8-16)9-19/h3-8,17H,2,10-14H2,1H3/t17-/m1/s1. The number of hydrogen-bond acceptors (Lipinski definition) is 4. The Kier molecular flexibility index (Phi) is 5.06. The molecule has 0 aliphatic carbocycles. The molecule has 1 atom stereocenters. The summed E-state index contributed by atoms with van der Waals surface area (Å²) < 4.78 is 7.88. The molecule has 2 aromatic rings. The van der Waals surface area contributed by atoms with Crippen molar-refractivity contribution >= 4 is 0 Å². The summed E-state index contributed by atoms with van der Waals surface area (Å²) in [5, 5.41) is 9.06. The maximum atomic E-state index is 9.06. The molecule has 3 rings (SSSR count). The summed E-state index contributed by atoms with van der Waals surface area (Å²) in [6.45, 7) is 7.12. The molecule has 0 unspecified atom stereocenters. The van der Waals surface area contributed by atoms with Crippen LogP contribution in [-0.4, -0.2) is 34.2 Å². The Bertz CT molecular complexity index is 688. The van der Waals surface area contributed by atoms with Gasteiger partial charge in [-0.2, -0.15) is 5.26 Å². The zero-order chi connectivity index (χ0) is 16.1. The zero-order valence-corrected chi connectivity index (χ0v) is 13.5. The van der Waals surface area contributed by atoms with Gasteiger partial charge in [-0.3, -0.25) is 4.90 Å². The summed E-state index contributed by atoms with van der Waals surface area (Å²) in [5.41, 5.74) is 1.88. The highest BCUT2D eigenvalue weighted by atomic mass is 16.5. The molecule has 0 spiro atoms. The molecule has 1 aromatic heterocycles. The molecule has 0 saturated heterocycles. The Hall–Kier alpha value is -2.16. The first-order chi connectivity index (χ1) is 11.3. The van der Waals surface area contributed by atoms with Gasteiger partial charge in [-0.1, -0.05) is 12.1 Å². The first kappa shape index (κ1) is 15.7. The van der Waals surface area contributed by atoms with E-state index in [-0.39, 0.29) is 0 Å². The third-order valence-corrected chi connectivity index (χ3v) is 4.16. The van der Waals surface area contributed by atoms with Crippen LogP contribution in [0.4, 0.5) is 0 Å². The Morgan fingerprint density at radius 1 is 1.39 bits per heavy atom. The van der Waals surface area contributed by atoms with Crippen molar-refractivity contribution in [2.24, 2.45) is 5.92 Å². The minimum Gasteiger partial charge on any atom is -0.381 e. The maximum Gasteiger partial charge on any atom is 0.122 e. The number of ether oxygens (including phenoxy) is 1. The largest absolute Gasteiger partial charge is 0.381 e. The molecule has 0 radical (unpaired) electrons. The zero-order valence-electron chi connectivity index (χ0n) is 13.5. The number of nitrogens with zero attached hydrogens (tertiary/aromatic N) is 4. The van der Waals surface area contributed by atoms with Gasteiger partial charge in [-0.15, -0.1) is 0 Å². The fourth-order valence-electron chi connectivity index (χ4n) is 3.13. The summed E-state index contributed by atoms with van der Waals surface area (Å²) in [6, 6.07) is 10.0. The third kappa shape index (κ3) is 3.98. The topological polar surface area (TPSA) is 54.1 Å². The lowest BCUT2D eigenvalue weighted by atomic mass is 10.1. The molecule has 1 aliphatic heterocycles. The Morgan fingerprint density at radius 2 is 2.30 bits per heavy atom. The number of fused-ring (bicyclic) bond motifs is 1. The quantitative estimate of drug-likeness (QED) is 0.851. The predicted molar refractivity (Wildman–Crippen MR) is 87.5 cm³/mol. The smallest absolute Gasteiger partial charge is 0.122 e. The average Bonchev–Trinajstić information content (AvgIpc) is 2.92. The van der Waals surface area contributed by atoms with Crippen LogP contribution in [0.25, 0.3) is 0 Å². The van der Waals surface area contributed by atoms with Gasteiger partial charge >= 0.3 is 0 Å². The van der Waals surface area contributed by atoms with Gasteiger partial charge in [-0.05, 0) is 24.6 Å². The van der Waals surface area contributed by atoms with Crippen molar-refractivity contribution < 1.29 is 4.74 Å². The number of nitriles is 1. The van der Waals surface area contributed by atoms with E-state index in [1.165, 1.54) is 5.56 Å². The highest BCUT2D eigenvalue weighted by Gasteiger charge is 2.22. The van der Waals surface area contributed by atoms with Crippen LogP contribution in [0, 0.1) is 17.2 Å². The molecular formula is C18H22N4O. The molecule has 0 bridgehead atoms. The molecule has 0 amide bonds. The lowest BCUT2D eigenvalue weighted by Crippen LogP contribution is -2.30. The van der Waals surface area contributed by atoms with E-state index < -0.39 is 0 Å². The van der Waals surface area contributed by atoms with Gasteiger partial charge in [0.2, 0.25) is 0 Å². The molecule has 23 heavy (non-hydrogen) atoms. The second-order valence-corrected chi connectivity index (χ2v) is 6.00. The van der Waals surface area contributed by atoms with Crippen molar-refractivity contribution in [2.75, 3.05) is 19.8 Å². The molecule has 0 N–H and O–H groups in total. The lowest BCUT2D eigenvalue weighted by Gasteiger charge is -2.23. The van der Waals surface area contributed by atoms with E-state index in [1.54, 1.807) is 0 Å². The van der Waals surface area contributed by atoms with Crippen molar-refractivity contribution in [1.82, 2.24) is 14.5 Å². The second-order valence-electron chi connectivity index (χ2n) is 6.00. The van der Waals surface area contributed by atoms with Crippen molar-refractivity contribution in [2.45, 2.75) is 26.6 Å². The fraction of sp³-hybridized carbons (Fsp3) is 0.444. The van der Waals surface area contributed by atoms with E-state index in [4.69, 9.17) is 10.00 Å². The minimum atomic E-state index is 0.449. The van der Waals surface area contributed by atoms with E-state index in [0.717, 1.165) is 45.2 Å². The summed E-state index contributed by atoms with van der Waals surface area (Å²) in [4.78, 5) is 6.88. The number of benzene rings is 1. The monoisotopic (exact) mass is 310 g/mol. The SMILES string of the molecule is CCOC[C@@H]1CN(Cc2cccc(C#N)c2)Cc2nccn2C1. The molecule has 1 aliphatic rings. The summed E-state index contributed by atoms with van der Waals surface area (Å²) in [6.07, 6.45) is 3.92. The van der Waals surface area contributed by atoms with Gasteiger partial charge in [0.1, 0.15) is 5.82 Å². The molecule has 5 nitrogen and oxygen atoms in total. The van der Waals surface area contributed by atoms with Gasteiger partial charge < -0.3 is 9.30 Å². The lowest BCUT2D eigenvalue weighted by molar-refractivity contribution is 0.0851. The summed E-state index contributed by atoms with van der Waals surface area (Å²) >= 11 is 0. The molecule has 0 fully saturated rings. The highest BCUT2D eigenvalue weighted by molar-refractivity contribution is 5.32. The van der Waals surface area contributed by atoms with Crippen LogP contribution >= 0.6 is 0 Å². The van der Waals surface area contributed by atoms with Crippen LogP contribution in [0.3, 0.4) is 0 Å². The second kappa shape index (κ2) is 7.40. The molecule has 2 heterocycles. The first-order valence-electron chi connectivity index (χ1n) is 8.07. The average molecular weight is 310 g/mol. The fourth-order valence-corrected chi connectivity index (χ4v) is 3.13. The molecule has 120 valence electrons. The van der Waals surface area contributed by atoms with E-state index in [0.29, 0.717) is 11.5 Å². The van der Waals surface area contributed by atoms with Gasteiger partial charge in [-0.25, -0.2) is 4.98 Å². The normalized spacial score (nSPS) is 18.2. The van der Waals surface area contributed by atoms with Crippen LogP contribution in [0.2, 0.25) is 0 Å². The summed E-state index contributed by atoms with van der Waals surface area (Å²) in [7, 11) is 0. The molecule has 0 saturated carbocycles. The van der Waals surface area contributed by atoms with Crippen LogP contribution in [-0.2, 0) is 24.4 Å². The predicted octanol–water partition coefficient (Wildman–Crippen LogP) is 2.42. The van der Waals surface area contributed by atoms with Gasteiger partial charge in [0.15, 0.2) is 0 Å². The van der Waals surface area contributed by atoms with Gasteiger partial charge in [0.25, 0.3) is 0 Å². The van der Waals surface area contributed by atoms with Crippen LogP contribution < -0.4 is 0 Å². The van der Waals surface area contributed by atoms with Crippen LogP contribution in [0.15, 0.2) is 36.7 Å². The summed E-state index contributed by atoms with van der Waals surface area (Å²) in [5.74, 6) is 1.55. The molecule has 5 heteroatoms. The van der Waals surface area contributed by atoms with Crippen LogP contribution in [0.5, 0.6) is 0 Å². The van der Waals surface area contributed by atoms with Gasteiger partial charge in [0.05, 0.1) is 24.8 Å². The van der Waals surface area contributed by atoms with Gasteiger partial charge in [0, 0.05) is 44.6 Å². The Morgan fingerprint density at radius 3 is 3.13 bits per heavy atom. The van der Waals surface area contributed by atoms with E-state index in [9.17, 15) is 0 Å². The van der Waals surface area contributed by atoms with E-state index in [2.05, 4.69) is 26.6 Å². The maximum absolute atomic E-state index is 9.06. The van der Waals surface area contributed by atoms with E-state index >= 15 is 0 Å². The van der Waals surface area contributed by atoms with E-state index in [1.807, 2.05) is 37.5 Å². The van der Waals surface area contributed by atoms with Crippen molar-refractivity contribution in [3.05, 3.63) is 53.6 Å². The highest BCUT2D eigenvalue weighted by Crippen LogP contribution is 2.18. The first-order valence-corrected chi connectivity index (χ1v) is 8.07. The minimum absolute atomic E-state index is 0.449. The molecule has 1 aromatic carbocycles. The van der Waals surface area contributed by atoms with Crippen molar-refractivity contribution in [3.8, 4) is 6.07 Å². The number of aromatic nitrogens is 2. The molecular weight excluding hydrogens is 288 g/mol. The third-order valence-electron chi connectivity index (χ3n) is 4.16. The Balaban J connectivity index is 1.76. The van der Waals surface area contributed by atoms with Crippen molar-refractivity contribution in [1.29, 1.82) is 5.26 Å². The van der Waals surface area contributed by atoms with Crippen molar-refractivity contribution in [3.63, 3.8) is 0 Å². The Labute approximate surface area is 137 Å². The van der Waals surface area contributed by atoms with Crippen LogP contribution in [0.1, 0.15) is 23.9 Å². The number of hydrogen-bond donors (Lipinski definition) is 0. The number of imidazole rings is 1. The number of rotatable bonds is 5.